The topological polar surface area (TPSA) is 0 Å². The van der Waals surface area contributed by atoms with Gasteiger partial charge in [-0.2, -0.15) is 0 Å². The Morgan fingerprint density at radius 3 is 0.647 bits per heavy atom. The Morgan fingerprint density at radius 2 is 0.647 bits per heavy atom. The fourth-order valence-corrected chi connectivity index (χ4v) is 10.1. The summed E-state index contributed by atoms with van der Waals surface area (Å²) >= 11 is -1.08. The summed E-state index contributed by atoms with van der Waals surface area (Å²) in [4.78, 5) is 4.59. The molecule has 0 rings (SSSR count). The molecule has 0 spiro atoms. The molecule has 0 fully saturated rings. The third-order valence-corrected chi connectivity index (χ3v) is 20.1. The molecule has 0 aromatic rings. The Morgan fingerprint density at radius 1 is 0.529 bits per heavy atom. The Labute approximate surface area is 137 Å². The maximum absolute atomic E-state index is 2.35. The van der Waals surface area contributed by atoms with Gasteiger partial charge in [-0.3, -0.25) is 0 Å². The van der Waals surface area contributed by atoms with Crippen LogP contribution in [0.15, 0.2) is 0 Å². The van der Waals surface area contributed by atoms with Crippen molar-refractivity contribution in [2.24, 2.45) is 0 Å². The van der Waals surface area contributed by atoms with Crippen LogP contribution in [0.3, 0.4) is 0 Å². The average Bonchev–Trinajstić information content (AvgIpc) is 2.35. The summed E-state index contributed by atoms with van der Waals surface area (Å²) < 4.78 is 9.30. The number of rotatable bonds is 6. The summed E-state index contributed by atoms with van der Waals surface area (Å²) in [6.07, 6.45) is 0. The summed E-state index contributed by atoms with van der Waals surface area (Å²) in [5, 5.41) is 0. The van der Waals surface area contributed by atoms with Crippen LogP contribution in [-0.4, -0.2) is 60.7 Å². The molecule has 4 radical (unpaired) electrons. The number of hydrogen-bond donors (Lipinski definition) is 0. The van der Waals surface area contributed by atoms with Crippen LogP contribution in [0.25, 0.3) is 0 Å². The predicted molar refractivity (Wildman–Crippen MR) is 91.9 cm³/mol. The quantitative estimate of drug-likeness (QED) is 0.357. The number of hydrogen-bond acceptors (Lipinski definition) is 0. The zero-order valence-electron chi connectivity index (χ0n) is 13.7. The van der Waals surface area contributed by atoms with Crippen LogP contribution < -0.4 is 0 Å². The van der Waals surface area contributed by atoms with Gasteiger partial charge in [0.05, 0.1) is 0 Å². The van der Waals surface area contributed by atoms with Crippen LogP contribution in [0.5, 0.6) is 0 Å². The molecule has 0 atom stereocenters. The van der Waals surface area contributed by atoms with Crippen molar-refractivity contribution in [3.8, 4) is 0 Å². The molecule has 0 aliphatic heterocycles. The molecule has 0 N–H and O–H groups in total. The zero-order valence-corrected chi connectivity index (χ0v) is 22.3. The van der Waals surface area contributed by atoms with Gasteiger partial charge in [0.1, 0.15) is 0 Å². The average molecular weight is 561 g/mol. The van der Waals surface area contributed by atoms with E-state index < -0.39 is 39.5 Å². The van der Waals surface area contributed by atoms with Crippen LogP contribution >= 0.6 is 0 Å². The SMILES string of the molecule is C[CH2][Sn]([CH2]C)[CH2]C.C[CH2][Sn]([CH2]C)[CH2]C.[CH3][Sn][CH3]. The second-order valence-electron chi connectivity index (χ2n) is 4.12. The minimum absolute atomic E-state index is 0.230. The van der Waals surface area contributed by atoms with Crippen molar-refractivity contribution in [1.29, 1.82) is 0 Å². The normalized spacial score (nSPS) is 9.53. The first kappa shape index (κ1) is 24.4. The second-order valence-corrected chi connectivity index (χ2v) is 27.6. The van der Waals surface area contributed by atoms with Gasteiger partial charge in [0.15, 0.2) is 0 Å². The summed E-state index contributed by atoms with van der Waals surface area (Å²) in [7, 11) is 0. The molecule has 17 heavy (non-hydrogen) atoms. The molecule has 0 aliphatic carbocycles. The molecule has 0 bridgehead atoms. The Bertz CT molecular complexity index is 76.6. The van der Waals surface area contributed by atoms with Crippen molar-refractivity contribution in [3.63, 3.8) is 0 Å². The molecule has 0 aliphatic rings. The van der Waals surface area contributed by atoms with Gasteiger partial charge in [0, 0.05) is 0 Å². The van der Waals surface area contributed by atoms with Gasteiger partial charge in [-0.05, 0) is 0 Å². The van der Waals surface area contributed by atoms with Crippen molar-refractivity contribution in [3.05, 3.63) is 0 Å². The van der Waals surface area contributed by atoms with E-state index in [1.54, 1.807) is 26.6 Å². The second kappa shape index (κ2) is 23.5. The van der Waals surface area contributed by atoms with Crippen molar-refractivity contribution in [2.45, 2.75) is 78.0 Å². The van der Waals surface area contributed by atoms with Crippen LogP contribution in [0.4, 0.5) is 0 Å². The van der Waals surface area contributed by atoms with E-state index >= 15 is 0 Å². The van der Waals surface area contributed by atoms with Crippen LogP contribution in [0.1, 0.15) is 41.5 Å². The minimum atomic E-state index is -0.653. The molecule has 0 aromatic carbocycles. The van der Waals surface area contributed by atoms with Gasteiger partial charge < -0.3 is 0 Å². The fourth-order valence-electron chi connectivity index (χ4n) is 1.50. The van der Waals surface area contributed by atoms with E-state index in [9.17, 15) is 0 Å². The summed E-state index contributed by atoms with van der Waals surface area (Å²) in [6.45, 7) is 14.1. The third kappa shape index (κ3) is 23.9. The van der Waals surface area contributed by atoms with Gasteiger partial charge in [-0.15, -0.1) is 0 Å². The molecule has 0 nitrogen and oxygen atoms in total. The first-order valence-corrected chi connectivity index (χ1v) is 25.2. The zero-order chi connectivity index (χ0) is 14.1. The van der Waals surface area contributed by atoms with Crippen molar-refractivity contribution in [1.82, 2.24) is 0 Å². The molecule has 0 amide bonds. The maximum atomic E-state index is 2.35. The van der Waals surface area contributed by atoms with Gasteiger partial charge >= 0.3 is 139 Å². The van der Waals surface area contributed by atoms with Gasteiger partial charge in [-0.1, -0.05) is 0 Å². The Balaban J connectivity index is -0.000000188. The molecule has 3 heteroatoms. The van der Waals surface area contributed by atoms with E-state index in [1.165, 1.54) is 0 Å². The molecule has 0 saturated heterocycles. The molecule has 0 aromatic heterocycles. The Kier molecular flexibility index (Phi) is 33.7. The monoisotopic (exact) mass is 564 g/mol. The van der Waals surface area contributed by atoms with Crippen LogP contribution in [-0.2, 0) is 0 Å². The van der Waals surface area contributed by atoms with Crippen molar-refractivity contribution >= 4 is 60.7 Å². The summed E-state index contributed by atoms with van der Waals surface area (Å²) in [6, 6.07) is 0. The van der Waals surface area contributed by atoms with E-state index in [-0.39, 0.29) is 21.1 Å². The van der Waals surface area contributed by atoms with E-state index in [0.29, 0.717) is 0 Å². The van der Waals surface area contributed by atoms with Gasteiger partial charge in [0.25, 0.3) is 0 Å². The Hall–Kier alpha value is 2.40. The molecule has 104 valence electrons. The molecule has 0 unspecified atom stereocenters. The third-order valence-electron chi connectivity index (χ3n) is 3.00. The van der Waals surface area contributed by atoms with Crippen LogP contribution in [0, 0.1) is 0 Å². The molecular weight excluding hydrogens is 524 g/mol. The van der Waals surface area contributed by atoms with E-state index in [2.05, 4.69) is 51.4 Å². The van der Waals surface area contributed by atoms with E-state index in [1.807, 2.05) is 0 Å². The van der Waals surface area contributed by atoms with Crippen molar-refractivity contribution in [2.75, 3.05) is 0 Å². The van der Waals surface area contributed by atoms with Gasteiger partial charge in [0.2, 0.25) is 0 Å². The standard InChI is InChI=1S/6C2H5.2CH3.3Sn/c6*1-2;;;;;/h6*1H2,2H3;2*1H3;;;. The van der Waals surface area contributed by atoms with Crippen LogP contribution in [0.2, 0.25) is 36.5 Å². The fraction of sp³-hybridized carbons (Fsp3) is 1.00. The van der Waals surface area contributed by atoms with E-state index in [0.717, 1.165) is 0 Å². The van der Waals surface area contributed by atoms with Gasteiger partial charge in [-0.25, -0.2) is 0 Å². The predicted octanol–water partition coefficient (Wildman–Crippen LogP) is 5.87. The molecular formula is C14H36Sn3. The summed E-state index contributed by atoms with van der Waals surface area (Å²) in [5.74, 6) is 0. The molecule has 0 saturated carbocycles. The van der Waals surface area contributed by atoms with Crippen molar-refractivity contribution < 1.29 is 0 Å². The summed E-state index contributed by atoms with van der Waals surface area (Å²) in [5.41, 5.74) is 0. The van der Waals surface area contributed by atoms with E-state index in [4.69, 9.17) is 0 Å². The first-order valence-electron chi connectivity index (χ1n) is 7.36. The first-order chi connectivity index (χ1) is 8.11. The molecule has 0 heterocycles.